The average Bonchev–Trinajstić information content (AvgIpc) is 2.76. The van der Waals surface area contributed by atoms with E-state index in [1.54, 1.807) is 6.07 Å². The summed E-state index contributed by atoms with van der Waals surface area (Å²) in [6, 6.07) is 13.3. The van der Waals surface area contributed by atoms with Crippen molar-refractivity contribution in [3.63, 3.8) is 0 Å². The average molecular weight is 407 g/mol. The van der Waals surface area contributed by atoms with Crippen LogP contribution in [0.1, 0.15) is 19.3 Å². The molecule has 8 heteroatoms. The molecule has 156 valence electrons. The van der Waals surface area contributed by atoms with Gasteiger partial charge in [0.05, 0.1) is 0 Å². The number of amides is 1. The molecule has 0 radical (unpaired) electrons. The Morgan fingerprint density at radius 1 is 1.03 bits per heavy atom. The molecule has 4 rings (SSSR count). The highest BCUT2D eigenvalue weighted by molar-refractivity contribution is 6.02. The third-order valence-electron chi connectivity index (χ3n) is 5.61. The van der Waals surface area contributed by atoms with E-state index < -0.39 is 17.2 Å². The third-order valence-corrected chi connectivity index (χ3v) is 5.61. The molecule has 2 heterocycles. The molecular weight excluding hydrogens is 382 g/mol. The van der Waals surface area contributed by atoms with Crippen molar-refractivity contribution in [3.05, 3.63) is 63.3 Å². The van der Waals surface area contributed by atoms with Crippen LogP contribution < -0.4 is 27.2 Å². The molecule has 0 aliphatic carbocycles. The number of fused-ring (bicyclic) bond motifs is 1. The maximum atomic E-state index is 13.1. The van der Waals surface area contributed by atoms with Gasteiger partial charge in [0.2, 0.25) is 5.91 Å². The first-order chi connectivity index (χ1) is 14.5. The maximum absolute atomic E-state index is 13.1. The van der Waals surface area contributed by atoms with Crippen molar-refractivity contribution in [2.45, 2.75) is 25.8 Å². The van der Waals surface area contributed by atoms with E-state index >= 15 is 0 Å². The summed E-state index contributed by atoms with van der Waals surface area (Å²) in [5, 5.41) is 4.71. The van der Waals surface area contributed by atoms with E-state index in [1.807, 2.05) is 41.3 Å². The number of nitrogen functional groups attached to an aromatic ring is 1. The van der Waals surface area contributed by atoms with Crippen molar-refractivity contribution in [3.8, 4) is 0 Å². The molecule has 0 unspecified atom stereocenters. The number of nitrogens with zero attached hydrogens (tertiary/aromatic N) is 3. The highest BCUT2D eigenvalue weighted by atomic mass is 16.2. The standard InChI is InChI=1S/C22H25N5O3/c1-25-20(23)19(26-12-5-2-6-13-26)21(29)27(22(25)30)14-18(28)24-17-11-7-9-15-8-3-4-10-16(15)17/h3-4,7-11H,2,5-6,12-14,23H2,1H3,(H,24,28). The molecule has 0 saturated carbocycles. The van der Waals surface area contributed by atoms with Crippen LogP contribution in [0.2, 0.25) is 0 Å². The topological polar surface area (TPSA) is 102 Å². The van der Waals surface area contributed by atoms with Gasteiger partial charge >= 0.3 is 5.69 Å². The number of rotatable bonds is 4. The van der Waals surface area contributed by atoms with E-state index in [-0.39, 0.29) is 12.4 Å². The van der Waals surface area contributed by atoms with Crippen LogP contribution in [0.5, 0.6) is 0 Å². The third kappa shape index (κ3) is 3.56. The second-order valence-corrected chi connectivity index (χ2v) is 7.59. The number of hydrogen-bond acceptors (Lipinski definition) is 5. The Labute approximate surface area is 173 Å². The number of hydrogen-bond donors (Lipinski definition) is 2. The van der Waals surface area contributed by atoms with Crippen LogP contribution in [-0.2, 0) is 18.4 Å². The summed E-state index contributed by atoms with van der Waals surface area (Å²) in [6.07, 6.45) is 3.02. The number of piperidine rings is 1. The Morgan fingerprint density at radius 3 is 2.50 bits per heavy atom. The molecule has 1 fully saturated rings. The van der Waals surface area contributed by atoms with Crippen molar-refractivity contribution in [2.75, 3.05) is 29.0 Å². The first-order valence-electron chi connectivity index (χ1n) is 10.1. The smallest absolute Gasteiger partial charge is 0.332 e. The van der Waals surface area contributed by atoms with Crippen molar-refractivity contribution >= 4 is 33.9 Å². The normalized spacial score (nSPS) is 14.1. The number of nitrogens with two attached hydrogens (primary N) is 1. The fourth-order valence-corrected chi connectivity index (χ4v) is 3.99. The molecule has 8 nitrogen and oxygen atoms in total. The molecule has 1 aliphatic rings. The van der Waals surface area contributed by atoms with Gasteiger partial charge in [0.1, 0.15) is 18.1 Å². The summed E-state index contributed by atoms with van der Waals surface area (Å²) in [7, 11) is 1.52. The fraction of sp³-hybridized carbons (Fsp3) is 0.318. The van der Waals surface area contributed by atoms with E-state index in [4.69, 9.17) is 5.73 Å². The molecule has 2 aromatic carbocycles. The molecule has 1 aromatic heterocycles. The summed E-state index contributed by atoms with van der Waals surface area (Å²) < 4.78 is 2.19. The zero-order chi connectivity index (χ0) is 21.3. The van der Waals surface area contributed by atoms with Gasteiger partial charge in [0.15, 0.2) is 0 Å². The van der Waals surface area contributed by atoms with Gasteiger partial charge in [-0.05, 0) is 30.7 Å². The molecule has 3 aromatic rings. The maximum Gasteiger partial charge on any atom is 0.332 e. The predicted octanol–water partition coefficient (Wildman–Crippen LogP) is 1.91. The van der Waals surface area contributed by atoms with Crippen molar-refractivity contribution < 1.29 is 4.79 Å². The minimum absolute atomic E-state index is 0.137. The van der Waals surface area contributed by atoms with Gasteiger partial charge in [-0.15, -0.1) is 0 Å². The zero-order valence-electron chi connectivity index (χ0n) is 16.9. The second-order valence-electron chi connectivity index (χ2n) is 7.59. The Balaban J connectivity index is 1.67. The Bertz CT molecular complexity index is 1220. The highest BCUT2D eigenvalue weighted by Crippen LogP contribution is 2.23. The van der Waals surface area contributed by atoms with E-state index in [2.05, 4.69) is 5.32 Å². The molecule has 0 spiro atoms. The van der Waals surface area contributed by atoms with Gasteiger partial charge in [0.25, 0.3) is 5.56 Å². The lowest BCUT2D eigenvalue weighted by Gasteiger charge is -2.29. The van der Waals surface area contributed by atoms with Crippen LogP contribution in [0.4, 0.5) is 17.2 Å². The Morgan fingerprint density at radius 2 is 1.73 bits per heavy atom. The van der Waals surface area contributed by atoms with Crippen molar-refractivity contribution in [1.82, 2.24) is 9.13 Å². The molecule has 1 saturated heterocycles. The zero-order valence-corrected chi connectivity index (χ0v) is 16.9. The molecule has 0 bridgehead atoms. The monoisotopic (exact) mass is 407 g/mol. The van der Waals surface area contributed by atoms with E-state index in [0.29, 0.717) is 24.5 Å². The lowest BCUT2D eigenvalue weighted by molar-refractivity contribution is -0.116. The molecule has 0 atom stereocenters. The number of aromatic nitrogens is 2. The number of nitrogens with one attached hydrogen (secondary N) is 1. The van der Waals surface area contributed by atoms with Gasteiger partial charge in [-0.3, -0.25) is 14.2 Å². The van der Waals surface area contributed by atoms with Gasteiger partial charge in [-0.1, -0.05) is 36.4 Å². The minimum atomic E-state index is -0.605. The second kappa shape index (κ2) is 8.06. The minimum Gasteiger partial charge on any atom is -0.383 e. The lowest BCUT2D eigenvalue weighted by atomic mass is 10.1. The van der Waals surface area contributed by atoms with Crippen LogP contribution in [0.15, 0.2) is 52.1 Å². The summed E-state index contributed by atoms with van der Waals surface area (Å²) in [5.74, 6) is -0.308. The van der Waals surface area contributed by atoms with Gasteiger partial charge in [-0.2, -0.15) is 0 Å². The number of carbonyl (C=O) groups is 1. The van der Waals surface area contributed by atoms with Crippen LogP contribution in [0.3, 0.4) is 0 Å². The van der Waals surface area contributed by atoms with Gasteiger partial charge in [-0.25, -0.2) is 9.36 Å². The lowest BCUT2D eigenvalue weighted by Crippen LogP contribution is -2.46. The number of carbonyl (C=O) groups excluding carboxylic acids is 1. The Hall–Kier alpha value is -3.55. The largest absolute Gasteiger partial charge is 0.383 e. The fourth-order valence-electron chi connectivity index (χ4n) is 3.99. The van der Waals surface area contributed by atoms with E-state index in [1.165, 1.54) is 11.6 Å². The molecule has 1 amide bonds. The van der Waals surface area contributed by atoms with Crippen LogP contribution in [0, 0.1) is 0 Å². The highest BCUT2D eigenvalue weighted by Gasteiger charge is 2.23. The molecule has 1 aliphatic heterocycles. The molecule has 30 heavy (non-hydrogen) atoms. The van der Waals surface area contributed by atoms with E-state index in [9.17, 15) is 14.4 Å². The number of anilines is 3. The summed E-state index contributed by atoms with van der Waals surface area (Å²) in [5.41, 5.74) is 5.91. The van der Waals surface area contributed by atoms with Crippen LogP contribution in [0.25, 0.3) is 10.8 Å². The van der Waals surface area contributed by atoms with E-state index in [0.717, 1.165) is 34.6 Å². The summed E-state index contributed by atoms with van der Waals surface area (Å²) >= 11 is 0. The summed E-state index contributed by atoms with van der Waals surface area (Å²) in [4.78, 5) is 40.5. The number of benzene rings is 2. The molecule has 3 N–H and O–H groups in total. The SMILES string of the molecule is Cn1c(N)c(N2CCCCC2)c(=O)n(CC(=O)Nc2cccc3ccccc23)c1=O. The molecular formula is C22H25N5O3. The van der Waals surface area contributed by atoms with Crippen molar-refractivity contribution in [2.24, 2.45) is 7.05 Å². The first-order valence-corrected chi connectivity index (χ1v) is 10.1. The first kappa shape index (κ1) is 19.8. The van der Waals surface area contributed by atoms with Gasteiger partial charge < -0.3 is 16.0 Å². The summed E-state index contributed by atoms with van der Waals surface area (Å²) in [6.45, 7) is 1.04. The predicted molar refractivity (Wildman–Crippen MR) is 119 cm³/mol. The van der Waals surface area contributed by atoms with Gasteiger partial charge in [0, 0.05) is 31.2 Å². The Kier molecular flexibility index (Phi) is 5.31. The van der Waals surface area contributed by atoms with Crippen molar-refractivity contribution in [1.29, 1.82) is 0 Å². The van der Waals surface area contributed by atoms with Crippen LogP contribution in [-0.4, -0.2) is 28.1 Å². The quantitative estimate of drug-likeness (QED) is 0.688. The van der Waals surface area contributed by atoms with Crippen LogP contribution >= 0.6 is 0 Å².